The topological polar surface area (TPSA) is 55.2 Å². The molecule has 0 aliphatic carbocycles. The number of benzene rings is 1. The van der Waals surface area contributed by atoms with Crippen LogP contribution in [0.5, 0.6) is 0 Å². The van der Waals surface area contributed by atoms with Crippen molar-refractivity contribution in [3.05, 3.63) is 54.2 Å². The number of thiophene rings is 1. The molecule has 2 rings (SSSR count). The van der Waals surface area contributed by atoms with Crippen LogP contribution in [0.25, 0.3) is 0 Å². The van der Waals surface area contributed by atoms with Crippen LogP contribution in [0.3, 0.4) is 0 Å². The number of nitrogens with zero attached hydrogens (tertiary/aromatic N) is 1. The van der Waals surface area contributed by atoms with Crippen molar-refractivity contribution < 1.29 is 4.92 Å². The van der Waals surface area contributed by atoms with Crippen molar-refractivity contribution in [3.8, 4) is 0 Å². The van der Waals surface area contributed by atoms with Gasteiger partial charge in [-0.2, -0.15) is 11.3 Å². The van der Waals surface area contributed by atoms with Gasteiger partial charge in [0.25, 0.3) is 5.69 Å². The summed E-state index contributed by atoms with van der Waals surface area (Å²) in [4.78, 5) is 10.5. The third-order valence-corrected chi connectivity index (χ3v) is 4.48. The van der Waals surface area contributed by atoms with E-state index in [0.717, 1.165) is 5.69 Å². The fraction of sp³-hybridized carbons (Fsp3) is 0.231. The van der Waals surface area contributed by atoms with Crippen LogP contribution in [-0.2, 0) is 6.54 Å². The van der Waals surface area contributed by atoms with E-state index in [0.29, 0.717) is 16.6 Å². The number of hydrogen-bond acceptors (Lipinski definition) is 4. The molecule has 4 nitrogen and oxygen atoms in total. The predicted octanol–water partition coefficient (Wildman–Crippen LogP) is 4.65. The summed E-state index contributed by atoms with van der Waals surface area (Å²) >= 11 is 5.04. The third-order valence-electron chi connectivity index (χ3n) is 2.91. The molecule has 6 heteroatoms. The van der Waals surface area contributed by atoms with Crippen molar-refractivity contribution in [2.75, 3.05) is 5.32 Å². The third kappa shape index (κ3) is 3.13. The molecule has 0 atom stereocenters. The molecule has 1 aromatic carbocycles. The molecule has 2 aromatic rings. The molecule has 0 bridgehead atoms. The fourth-order valence-electron chi connectivity index (χ4n) is 1.76. The van der Waals surface area contributed by atoms with Gasteiger partial charge in [-0.1, -0.05) is 0 Å². The quantitative estimate of drug-likeness (QED) is 0.651. The van der Waals surface area contributed by atoms with Gasteiger partial charge in [-0.25, -0.2) is 0 Å². The fourth-order valence-corrected chi connectivity index (χ4v) is 3.09. The normalized spacial score (nSPS) is 10.5. The van der Waals surface area contributed by atoms with E-state index in [4.69, 9.17) is 0 Å². The van der Waals surface area contributed by atoms with Gasteiger partial charge in [-0.3, -0.25) is 10.1 Å². The van der Waals surface area contributed by atoms with Crippen LogP contribution in [0.2, 0.25) is 0 Å². The average molecular weight is 341 g/mol. The lowest BCUT2D eigenvalue weighted by molar-refractivity contribution is -0.385. The number of halogens is 1. The molecule has 0 radical (unpaired) electrons. The first-order valence-corrected chi connectivity index (χ1v) is 7.42. The highest BCUT2D eigenvalue weighted by molar-refractivity contribution is 9.10. The highest BCUT2D eigenvalue weighted by Gasteiger charge is 2.14. The first-order chi connectivity index (χ1) is 8.99. The maximum Gasteiger partial charge on any atom is 0.273 e. The Hall–Kier alpha value is -1.40. The Kier molecular flexibility index (Phi) is 4.21. The van der Waals surface area contributed by atoms with Crippen LogP contribution in [0, 0.1) is 24.0 Å². The van der Waals surface area contributed by atoms with Crippen molar-refractivity contribution in [2.24, 2.45) is 0 Å². The minimum absolute atomic E-state index is 0.129. The van der Waals surface area contributed by atoms with Gasteiger partial charge in [-0.05, 0) is 57.7 Å². The van der Waals surface area contributed by atoms with Gasteiger partial charge < -0.3 is 5.32 Å². The Morgan fingerprint density at radius 1 is 1.32 bits per heavy atom. The van der Waals surface area contributed by atoms with E-state index >= 15 is 0 Å². The average Bonchev–Trinajstić information content (AvgIpc) is 2.75. The summed E-state index contributed by atoms with van der Waals surface area (Å²) in [6.45, 7) is 4.53. The number of nitro groups is 1. The van der Waals surface area contributed by atoms with E-state index in [9.17, 15) is 10.1 Å². The second-order valence-electron chi connectivity index (χ2n) is 4.31. The zero-order valence-corrected chi connectivity index (χ0v) is 13.0. The first-order valence-electron chi connectivity index (χ1n) is 5.69. The number of nitrogens with one attached hydrogen (secondary N) is 1. The van der Waals surface area contributed by atoms with Crippen molar-refractivity contribution in [3.63, 3.8) is 0 Å². The lowest BCUT2D eigenvalue weighted by atomic mass is 10.1. The molecule has 0 fully saturated rings. The number of hydrogen-bond donors (Lipinski definition) is 1. The van der Waals surface area contributed by atoms with Gasteiger partial charge in [0.2, 0.25) is 0 Å². The molecular weight excluding hydrogens is 328 g/mol. The summed E-state index contributed by atoms with van der Waals surface area (Å²) in [7, 11) is 0. The largest absolute Gasteiger partial charge is 0.380 e. The van der Waals surface area contributed by atoms with Crippen molar-refractivity contribution in [2.45, 2.75) is 20.4 Å². The summed E-state index contributed by atoms with van der Waals surface area (Å²) in [5, 5.41) is 18.4. The van der Waals surface area contributed by atoms with Gasteiger partial charge in [0.15, 0.2) is 0 Å². The van der Waals surface area contributed by atoms with Gasteiger partial charge in [-0.15, -0.1) is 0 Å². The summed E-state index contributed by atoms with van der Waals surface area (Å²) in [5.41, 5.74) is 4.15. The summed E-state index contributed by atoms with van der Waals surface area (Å²) in [6.07, 6.45) is 0. The van der Waals surface area contributed by atoms with E-state index in [-0.39, 0.29) is 10.6 Å². The standard InChI is InChI=1S/C13H13BrN2O2S/c1-8-3-12(11(14)4-13(8)16(17)18)15-5-10-7-19-6-9(10)2/h3-4,6-7,15H,5H2,1-2H3. The molecular formula is C13H13BrN2O2S. The molecule has 1 N–H and O–H groups in total. The molecule has 0 saturated carbocycles. The Morgan fingerprint density at radius 2 is 2.05 bits per heavy atom. The van der Waals surface area contributed by atoms with Crippen molar-refractivity contribution in [1.29, 1.82) is 0 Å². The molecule has 0 saturated heterocycles. The zero-order valence-electron chi connectivity index (χ0n) is 10.6. The van der Waals surface area contributed by atoms with Crippen LogP contribution in [0.4, 0.5) is 11.4 Å². The van der Waals surface area contributed by atoms with Gasteiger partial charge >= 0.3 is 0 Å². The van der Waals surface area contributed by atoms with Crippen molar-refractivity contribution in [1.82, 2.24) is 0 Å². The Labute approximate surface area is 123 Å². The maximum atomic E-state index is 10.8. The molecule has 0 unspecified atom stereocenters. The van der Waals surface area contributed by atoms with Crippen molar-refractivity contribution >= 4 is 38.6 Å². The maximum absolute atomic E-state index is 10.8. The molecule has 0 aliphatic heterocycles. The Bertz CT molecular complexity index is 625. The smallest absolute Gasteiger partial charge is 0.273 e. The summed E-state index contributed by atoms with van der Waals surface area (Å²) in [6, 6.07) is 3.34. The van der Waals surface area contributed by atoms with Crippen LogP contribution in [0.1, 0.15) is 16.7 Å². The van der Waals surface area contributed by atoms with Crippen LogP contribution >= 0.6 is 27.3 Å². The van der Waals surface area contributed by atoms with Crippen LogP contribution < -0.4 is 5.32 Å². The number of nitro benzene ring substituents is 1. The molecule has 0 spiro atoms. The Morgan fingerprint density at radius 3 is 2.63 bits per heavy atom. The minimum atomic E-state index is -0.368. The Balaban J connectivity index is 2.20. The highest BCUT2D eigenvalue weighted by atomic mass is 79.9. The lowest BCUT2D eigenvalue weighted by Gasteiger charge is -2.10. The summed E-state index contributed by atoms with van der Waals surface area (Å²) in [5.74, 6) is 0. The number of rotatable bonds is 4. The van der Waals surface area contributed by atoms with Gasteiger partial charge in [0.05, 0.1) is 4.92 Å². The van der Waals surface area contributed by atoms with Gasteiger partial charge in [0, 0.05) is 28.3 Å². The number of anilines is 1. The van der Waals surface area contributed by atoms with E-state index < -0.39 is 0 Å². The molecule has 1 aromatic heterocycles. The molecule has 19 heavy (non-hydrogen) atoms. The van der Waals surface area contributed by atoms with Crippen LogP contribution in [0.15, 0.2) is 27.4 Å². The summed E-state index contributed by atoms with van der Waals surface area (Å²) < 4.78 is 0.706. The van der Waals surface area contributed by atoms with E-state index in [1.54, 1.807) is 24.3 Å². The SMILES string of the molecule is Cc1cscc1CNc1cc(C)c([N+](=O)[O-])cc1Br. The lowest BCUT2D eigenvalue weighted by Crippen LogP contribution is -2.02. The number of aryl methyl sites for hydroxylation is 2. The first kappa shape index (κ1) is 14.0. The monoisotopic (exact) mass is 340 g/mol. The predicted molar refractivity (Wildman–Crippen MR) is 81.9 cm³/mol. The van der Waals surface area contributed by atoms with E-state index in [1.807, 2.05) is 0 Å². The zero-order chi connectivity index (χ0) is 14.0. The molecule has 1 heterocycles. The second-order valence-corrected chi connectivity index (χ2v) is 5.91. The second kappa shape index (κ2) is 5.71. The highest BCUT2D eigenvalue weighted by Crippen LogP contribution is 2.31. The van der Waals surface area contributed by atoms with E-state index in [1.165, 1.54) is 17.2 Å². The van der Waals surface area contributed by atoms with Gasteiger partial charge in [0.1, 0.15) is 0 Å². The van der Waals surface area contributed by atoms with E-state index in [2.05, 4.69) is 38.9 Å². The molecule has 100 valence electrons. The molecule has 0 aliphatic rings. The minimum Gasteiger partial charge on any atom is -0.380 e. The van der Waals surface area contributed by atoms with Crippen LogP contribution in [-0.4, -0.2) is 4.92 Å². The molecule has 0 amide bonds.